The van der Waals surface area contributed by atoms with Crippen LogP contribution in [0.2, 0.25) is 0 Å². The fourth-order valence-electron chi connectivity index (χ4n) is 3.60. The first kappa shape index (κ1) is 23.9. The third kappa shape index (κ3) is 4.53. The third-order valence-corrected chi connectivity index (χ3v) is 5.20. The number of ether oxygens (including phenoxy) is 1. The predicted octanol–water partition coefficient (Wildman–Crippen LogP) is 4.15. The molecule has 1 heterocycles. The van der Waals surface area contributed by atoms with Gasteiger partial charge in [0.1, 0.15) is 6.61 Å². The van der Waals surface area contributed by atoms with Crippen LogP contribution < -0.4 is 10.2 Å². The zero-order valence-corrected chi connectivity index (χ0v) is 16.8. The van der Waals surface area contributed by atoms with Gasteiger partial charge in [0.2, 0.25) is 5.91 Å². The molecular weight excluding hydrogens is 442 g/mol. The summed E-state index contributed by atoms with van der Waals surface area (Å²) in [5.74, 6) is -0.305. The number of carbonyl (C=O) groups excluding carboxylic acids is 1. The van der Waals surface area contributed by atoms with Crippen molar-refractivity contribution >= 4 is 17.3 Å². The molecule has 32 heavy (non-hydrogen) atoms. The third-order valence-electron chi connectivity index (χ3n) is 5.20. The number of halogens is 6. The molecule has 11 heteroatoms. The molecule has 0 aliphatic carbocycles. The summed E-state index contributed by atoms with van der Waals surface area (Å²) in [6.07, 6.45) is -11.2. The van der Waals surface area contributed by atoms with Gasteiger partial charge < -0.3 is 20.1 Å². The Bertz CT molecular complexity index is 959. The number of hydrogen-bond acceptors (Lipinski definition) is 4. The van der Waals surface area contributed by atoms with Gasteiger partial charge in [0, 0.05) is 37.1 Å². The van der Waals surface area contributed by atoms with Gasteiger partial charge in [-0.05, 0) is 35.7 Å². The largest absolute Gasteiger partial charge is 0.430 e. The smallest absolute Gasteiger partial charge is 0.375 e. The van der Waals surface area contributed by atoms with Gasteiger partial charge in [-0.3, -0.25) is 4.79 Å². The van der Waals surface area contributed by atoms with Crippen LogP contribution in [0.3, 0.4) is 0 Å². The summed E-state index contributed by atoms with van der Waals surface area (Å²) in [6, 6.07) is 8.83. The number of rotatable bonds is 6. The molecule has 0 aromatic heterocycles. The Balaban J connectivity index is 1.76. The molecule has 0 radical (unpaired) electrons. The molecule has 0 fully saturated rings. The monoisotopic (exact) mass is 462 g/mol. The van der Waals surface area contributed by atoms with E-state index in [1.165, 1.54) is 7.11 Å². The molecule has 2 aromatic carbocycles. The summed E-state index contributed by atoms with van der Waals surface area (Å²) in [5, 5.41) is 12.2. The zero-order valence-electron chi connectivity index (χ0n) is 16.8. The van der Waals surface area contributed by atoms with E-state index in [0.29, 0.717) is 36.3 Å². The molecule has 0 atom stereocenters. The highest BCUT2D eigenvalue weighted by molar-refractivity contribution is 5.92. The van der Waals surface area contributed by atoms with E-state index >= 15 is 0 Å². The average Bonchev–Trinajstić information content (AvgIpc) is 3.08. The van der Waals surface area contributed by atoms with Crippen LogP contribution >= 0.6 is 0 Å². The van der Waals surface area contributed by atoms with Crippen molar-refractivity contribution in [1.82, 2.24) is 0 Å². The summed E-state index contributed by atoms with van der Waals surface area (Å²) in [5.41, 5.74) is -3.37. The van der Waals surface area contributed by atoms with Gasteiger partial charge in [0.25, 0.3) is 5.60 Å². The molecule has 1 aliphatic rings. The maximum Gasteiger partial charge on any atom is 0.430 e. The van der Waals surface area contributed by atoms with Crippen molar-refractivity contribution in [2.24, 2.45) is 0 Å². The van der Waals surface area contributed by atoms with Gasteiger partial charge in [0.15, 0.2) is 0 Å². The Morgan fingerprint density at radius 2 is 1.69 bits per heavy atom. The van der Waals surface area contributed by atoms with Crippen molar-refractivity contribution in [3.05, 3.63) is 59.2 Å². The number of nitrogens with zero attached hydrogens (tertiary/aromatic N) is 1. The Labute approximate surface area is 179 Å². The van der Waals surface area contributed by atoms with Crippen LogP contribution in [0.15, 0.2) is 42.5 Å². The number of carbonyl (C=O) groups is 1. The van der Waals surface area contributed by atoms with E-state index in [2.05, 4.69) is 5.32 Å². The minimum Gasteiger partial charge on any atom is -0.375 e. The second-order valence-electron chi connectivity index (χ2n) is 7.40. The normalized spacial score (nSPS) is 14.4. The van der Waals surface area contributed by atoms with Gasteiger partial charge in [0.05, 0.1) is 0 Å². The van der Waals surface area contributed by atoms with Crippen LogP contribution in [-0.2, 0) is 28.1 Å². The van der Waals surface area contributed by atoms with Crippen molar-refractivity contribution < 1.29 is 41.0 Å². The quantitative estimate of drug-likeness (QED) is 0.634. The Kier molecular flexibility index (Phi) is 6.43. The summed E-state index contributed by atoms with van der Waals surface area (Å²) in [6.45, 7) is 0.748. The average molecular weight is 462 g/mol. The first-order chi connectivity index (χ1) is 14.9. The van der Waals surface area contributed by atoms with E-state index in [4.69, 9.17) is 4.74 Å². The Hall–Kier alpha value is -2.79. The summed E-state index contributed by atoms with van der Waals surface area (Å²) in [4.78, 5) is 13.6. The second-order valence-corrected chi connectivity index (χ2v) is 7.40. The highest BCUT2D eigenvalue weighted by Crippen LogP contribution is 2.50. The highest BCUT2D eigenvalue weighted by atomic mass is 19.4. The van der Waals surface area contributed by atoms with Gasteiger partial charge in [-0.2, -0.15) is 26.3 Å². The van der Waals surface area contributed by atoms with E-state index in [-0.39, 0.29) is 19.1 Å². The summed E-state index contributed by atoms with van der Waals surface area (Å²) < 4.78 is 82.9. The van der Waals surface area contributed by atoms with Crippen LogP contribution in [0.4, 0.5) is 37.7 Å². The maximum absolute atomic E-state index is 13.0. The molecule has 174 valence electrons. The van der Waals surface area contributed by atoms with Crippen molar-refractivity contribution in [2.75, 3.05) is 30.5 Å². The standard InChI is InChI=1S/C21H20F6N2O3/c1-32-12-18(30)28-16-6-7-17-14(10-16)8-9-29(17)11-13-2-4-15(5-3-13)19(31,20(22,23)24)21(25,26)27/h2-7,10,31H,8-9,11-12H2,1H3,(H,28,30). The van der Waals surface area contributed by atoms with Crippen LogP contribution in [-0.4, -0.2) is 43.6 Å². The molecule has 0 saturated heterocycles. The lowest BCUT2D eigenvalue weighted by atomic mass is 9.91. The maximum atomic E-state index is 13.0. The molecular formula is C21H20F6N2O3. The molecule has 0 spiro atoms. The number of fused-ring (bicyclic) bond motifs is 1. The minimum atomic E-state index is -5.92. The molecule has 0 unspecified atom stereocenters. The highest BCUT2D eigenvalue weighted by Gasteiger charge is 2.71. The van der Waals surface area contributed by atoms with Crippen molar-refractivity contribution in [1.29, 1.82) is 0 Å². The van der Waals surface area contributed by atoms with E-state index in [1.807, 2.05) is 4.90 Å². The Morgan fingerprint density at radius 1 is 1.06 bits per heavy atom. The van der Waals surface area contributed by atoms with Crippen LogP contribution in [0.1, 0.15) is 16.7 Å². The number of aliphatic hydroxyl groups is 1. The topological polar surface area (TPSA) is 61.8 Å². The Morgan fingerprint density at radius 3 is 2.25 bits per heavy atom. The number of hydrogen-bond donors (Lipinski definition) is 2. The van der Waals surface area contributed by atoms with E-state index < -0.39 is 23.5 Å². The second kappa shape index (κ2) is 8.62. The van der Waals surface area contributed by atoms with Gasteiger partial charge in [-0.25, -0.2) is 0 Å². The molecule has 2 aromatic rings. The SMILES string of the molecule is COCC(=O)Nc1ccc2c(c1)CCN2Cc1ccc(C(O)(C(F)(F)F)C(F)(F)F)cc1. The van der Waals surface area contributed by atoms with Crippen LogP contribution in [0, 0.1) is 0 Å². The molecule has 0 bridgehead atoms. The van der Waals surface area contributed by atoms with Gasteiger partial charge >= 0.3 is 12.4 Å². The van der Waals surface area contributed by atoms with Crippen LogP contribution in [0.5, 0.6) is 0 Å². The van der Waals surface area contributed by atoms with Crippen molar-refractivity contribution in [3.63, 3.8) is 0 Å². The lowest BCUT2D eigenvalue weighted by molar-refractivity contribution is -0.376. The number of alkyl halides is 6. The lowest BCUT2D eigenvalue weighted by Gasteiger charge is -2.32. The summed E-state index contributed by atoms with van der Waals surface area (Å²) in [7, 11) is 1.40. The summed E-state index contributed by atoms with van der Waals surface area (Å²) >= 11 is 0. The molecule has 5 nitrogen and oxygen atoms in total. The number of methoxy groups -OCH3 is 1. The molecule has 0 saturated carbocycles. The van der Waals surface area contributed by atoms with E-state index in [1.54, 1.807) is 18.2 Å². The fourth-order valence-corrected chi connectivity index (χ4v) is 3.60. The van der Waals surface area contributed by atoms with Crippen molar-refractivity contribution in [3.8, 4) is 0 Å². The minimum absolute atomic E-state index is 0.0863. The van der Waals surface area contributed by atoms with Crippen molar-refractivity contribution in [2.45, 2.75) is 30.9 Å². The fraction of sp³-hybridized carbons (Fsp3) is 0.381. The number of amides is 1. The zero-order chi connectivity index (χ0) is 23.7. The van der Waals surface area contributed by atoms with E-state index in [9.17, 15) is 36.2 Å². The molecule has 3 rings (SSSR count). The molecule has 1 aliphatic heterocycles. The van der Waals surface area contributed by atoms with Gasteiger partial charge in [-0.15, -0.1) is 0 Å². The first-order valence-electron chi connectivity index (χ1n) is 9.48. The van der Waals surface area contributed by atoms with Gasteiger partial charge in [-0.1, -0.05) is 24.3 Å². The molecule has 2 N–H and O–H groups in total. The predicted molar refractivity (Wildman–Crippen MR) is 104 cm³/mol. The number of anilines is 2. The van der Waals surface area contributed by atoms with E-state index in [0.717, 1.165) is 23.4 Å². The van der Waals surface area contributed by atoms with Crippen LogP contribution in [0.25, 0.3) is 0 Å². The first-order valence-corrected chi connectivity index (χ1v) is 9.48. The molecule has 1 amide bonds. The number of nitrogens with one attached hydrogen (secondary N) is 1. The number of benzene rings is 2. The lowest BCUT2D eigenvalue weighted by Crippen LogP contribution is -2.53.